The molecule has 0 spiro atoms. The number of benzene rings is 2. The van der Waals surface area contributed by atoms with Gasteiger partial charge in [-0.3, -0.25) is 10.1 Å². The van der Waals surface area contributed by atoms with Crippen LogP contribution in [0.4, 0.5) is 5.13 Å². The maximum absolute atomic E-state index is 13.1. The van der Waals surface area contributed by atoms with E-state index in [9.17, 15) is 4.79 Å². The number of nitrogens with zero attached hydrogens (tertiary/aromatic N) is 3. The third kappa shape index (κ3) is 4.74. The van der Waals surface area contributed by atoms with Crippen molar-refractivity contribution in [3.05, 3.63) is 64.0 Å². The van der Waals surface area contributed by atoms with Crippen LogP contribution in [0, 0.1) is 19.8 Å². The maximum Gasteiger partial charge on any atom is 0.261 e. The highest BCUT2D eigenvalue weighted by atomic mass is 32.1. The van der Waals surface area contributed by atoms with Crippen molar-refractivity contribution in [2.75, 3.05) is 5.32 Å². The van der Waals surface area contributed by atoms with E-state index in [2.05, 4.69) is 34.5 Å². The Bertz CT molecular complexity index is 1210. The van der Waals surface area contributed by atoms with Crippen LogP contribution < -0.4 is 10.1 Å². The summed E-state index contributed by atoms with van der Waals surface area (Å²) < 4.78 is 11.3. The summed E-state index contributed by atoms with van der Waals surface area (Å²) in [6.07, 6.45) is 0.829. The van der Waals surface area contributed by atoms with E-state index >= 15 is 0 Å². The summed E-state index contributed by atoms with van der Waals surface area (Å²) in [6.45, 7) is 8.22. The summed E-state index contributed by atoms with van der Waals surface area (Å²) in [6, 6.07) is 11.6. The van der Waals surface area contributed by atoms with Crippen LogP contribution in [0.15, 0.2) is 40.9 Å². The molecule has 0 aliphatic heterocycles. The number of anilines is 1. The molecular weight excluding hydrogens is 412 g/mol. The zero-order chi connectivity index (χ0) is 22.0. The third-order valence-electron chi connectivity index (χ3n) is 4.92. The van der Waals surface area contributed by atoms with Crippen molar-refractivity contribution in [3.8, 4) is 5.75 Å². The highest BCUT2D eigenvalue weighted by molar-refractivity contribution is 7.15. The molecule has 0 saturated carbocycles. The Morgan fingerprint density at radius 2 is 1.90 bits per heavy atom. The molecule has 0 unspecified atom stereocenters. The van der Waals surface area contributed by atoms with Crippen molar-refractivity contribution in [2.24, 2.45) is 5.92 Å². The van der Waals surface area contributed by atoms with Crippen LogP contribution in [-0.4, -0.2) is 21.3 Å². The molecule has 4 aromatic rings. The van der Waals surface area contributed by atoms with Gasteiger partial charge in [-0.05, 0) is 42.7 Å². The van der Waals surface area contributed by atoms with Crippen LogP contribution in [0.5, 0.6) is 5.75 Å². The Kier molecular flexibility index (Phi) is 5.99. The number of nitrogens with one attached hydrogen (secondary N) is 1. The largest absolute Gasteiger partial charge is 0.488 e. The van der Waals surface area contributed by atoms with Crippen LogP contribution in [0.25, 0.3) is 10.8 Å². The molecule has 2 aromatic heterocycles. The fourth-order valence-corrected chi connectivity index (χ4v) is 4.22. The molecule has 0 fully saturated rings. The van der Waals surface area contributed by atoms with E-state index in [4.69, 9.17) is 9.26 Å². The molecule has 2 heterocycles. The topological polar surface area (TPSA) is 90.1 Å². The lowest BCUT2D eigenvalue weighted by atomic mass is 10.1. The van der Waals surface area contributed by atoms with Crippen molar-refractivity contribution in [1.82, 2.24) is 15.4 Å². The number of amides is 1. The number of carbonyl (C=O) groups is 1. The Balaban J connectivity index is 1.62. The summed E-state index contributed by atoms with van der Waals surface area (Å²) in [5, 5.41) is 18.4. The molecule has 31 heavy (non-hydrogen) atoms. The predicted molar refractivity (Wildman–Crippen MR) is 121 cm³/mol. The summed E-state index contributed by atoms with van der Waals surface area (Å²) in [5.41, 5.74) is 2.09. The Morgan fingerprint density at radius 3 is 2.58 bits per heavy atom. The fraction of sp³-hybridized carbons (Fsp3) is 0.304. The number of carbonyl (C=O) groups excluding carboxylic acids is 1. The first-order valence-corrected chi connectivity index (χ1v) is 10.9. The highest BCUT2D eigenvalue weighted by Crippen LogP contribution is 2.29. The maximum atomic E-state index is 13.1. The van der Waals surface area contributed by atoms with Gasteiger partial charge in [-0.15, -0.1) is 10.2 Å². The summed E-state index contributed by atoms with van der Waals surface area (Å²) >= 11 is 1.39. The molecule has 7 nitrogen and oxygen atoms in total. The van der Waals surface area contributed by atoms with Gasteiger partial charge in [0, 0.05) is 6.42 Å². The molecule has 0 saturated heterocycles. The van der Waals surface area contributed by atoms with Gasteiger partial charge >= 0.3 is 0 Å². The standard InChI is InChI=1S/C23H24N4O3S/c1-13(2)9-21-25-26-23(31-21)24-22(28)18-10-16-7-5-6-8-17(16)11-20(18)29-12-19-14(3)27-30-15(19)4/h5-8,10-11,13H,9,12H2,1-4H3,(H,24,26,28). The van der Waals surface area contributed by atoms with Gasteiger partial charge in [-0.2, -0.15) is 0 Å². The SMILES string of the molecule is Cc1noc(C)c1COc1cc2ccccc2cc1C(=O)Nc1nnc(CC(C)C)s1. The van der Waals surface area contributed by atoms with Crippen molar-refractivity contribution in [2.45, 2.75) is 40.7 Å². The van der Waals surface area contributed by atoms with Gasteiger partial charge in [0.25, 0.3) is 5.91 Å². The molecule has 4 rings (SSSR count). The average Bonchev–Trinajstić information content (AvgIpc) is 3.30. The quantitative estimate of drug-likeness (QED) is 0.421. The summed E-state index contributed by atoms with van der Waals surface area (Å²) in [5.74, 6) is 1.38. The number of ether oxygens (including phenoxy) is 1. The molecule has 0 radical (unpaired) electrons. The predicted octanol–water partition coefficient (Wildman–Crippen LogP) is 5.33. The van der Waals surface area contributed by atoms with E-state index in [1.165, 1.54) is 11.3 Å². The van der Waals surface area contributed by atoms with Gasteiger partial charge in [0.1, 0.15) is 23.1 Å². The number of fused-ring (bicyclic) bond motifs is 1. The number of aromatic nitrogens is 3. The van der Waals surface area contributed by atoms with Crippen LogP contribution >= 0.6 is 11.3 Å². The fourth-order valence-electron chi connectivity index (χ4n) is 3.27. The van der Waals surface area contributed by atoms with Gasteiger partial charge < -0.3 is 9.26 Å². The second kappa shape index (κ2) is 8.85. The van der Waals surface area contributed by atoms with Crippen molar-refractivity contribution in [1.29, 1.82) is 0 Å². The molecule has 0 aliphatic rings. The number of rotatable bonds is 7. The first-order chi connectivity index (χ1) is 14.9. The van der Waals surface area contributed by atoms with Crippen molar-refractivity contribution >= 4 is 33.1 Å². The number of hydrogen-bond donors (Lipinski definition) is 1. The minimum absolute atomic E-state index is 0.261. The lowest BCUT2D eigenvalue weighted by molar-refractivity contribution is 0.102. The Hall–Kier alpha value is -3.26. The van der Waals surface area contributed by atoms with Gasteiger partial charge in [0.2, 0.25) is 5.13 Å². The van der Waals surface area contributed by atoms with E-state index in [1.54, 1.807) is 0 Å². The number of aryl methyl sites for hydroxylation is 2. The molecule has 1 amide bonds. The van der Waals surface area contributed by atoms with Gasteiger partial charge in [0.15, 0.2) is 0 Å². The normalized spacial score (nSPS) is 11.3. The first-order valence-electron chi connectivity index (χ1n) is 10.1. The van der Waals surface area contributed by atoms with Crippen molar-refractivity contribution in [3.63, 3.8) is 0 Å². The van der Waals surface area contributed by atoms with E-state index < -0.39 is 0 Å². The van der Waals surface area contributed by atoms with Crippen LogP contribution in [0.1, 0.15) is 46.2 Å². The second-order valence-corrected chi connectivity index (χ2v) is 8.90. The molecule has 0 atom stereocenters. The third-order valence-corrected chi connectivity index (χ3v) is 5.78. The Labute approximate surface area is 184 Å². The molecule has 0 bridgehead atoms. The van der Waals surface area contributed by atoms with E-state index in [0.717, 1.165) is 33.5 Å². The monoisotopic (exact) mass is 436 g/mol. The minimum Gasteiger partial charge on any atom is -0.488 e. The zero-order valence-corrected chi connectivity index (χ0v) is 18.7. The lowest BCUT2D eigenvalue weighted by Gasteiger charge is -2.13. The summed E-state index contributed by atoms with van der Waals surface area (Å²) in [7, 11) is 0. The second-order valence-electron chi connectivity index (χ2n) is 7.84. The molecule has 1 N–H and O–H groups in total. The van der Waals surface area contributed by atoms with E-state index in [0.29, 0.717) is 28.1 Å². The van der Waals surface area contributed by atoms with E-state index in [1.807, 2.05) is 50.2 Å². The zero-order valence-electron chi connectivity index (χ0n) is 17.9. The van der Waals surface area contributed by atoms with Gasteiger partial charge in [0.05, 0.1) is 16.8 Å². The lowest BCUT2D eigenvalue weighted by Crippen LogP contribution is -2.14. The van der Waals surface area contributed by atoms with Gasteiger partial charge in [-0.1, -0.05) is 54.6 Å². The highest BCUT2D eigenvalue weighted by Gasteiger charge is 2.18. The first kappa shape index (κ1) is 21.0. The smallest absolute Gasteiger partial charge is 0.261 e. The minimum atomic E-state index is -0.285. The molecule has 8 heteroatoms. The van der Waals surface area contributed by atoms with E-state index in [-0.39, 0.29) is 12.5 Å². The van der Waals surface area contributed by atoms with Crippen LogP contribution in [0.2, 0.25) is 0 Å². The average molecular weight is 437 g/mol. The van der Waals surface area contributed by atoms with Gasteiger partial charge in [-0.25, -0.2) is 0 Å². The molecular formula is C23H24N4O3S. The number of hydrogen-bond acceptors (Lipinski definition) is 7. The molecule has 160 valence electrons. The van der Waals surface area contributed by atoms with Crippen molar-refractivity contribution < 1.29 is 14.1 Å². The van der Waals surface area contributed by atoms with Crippen LogP contribution in [-0.2, 0) is 13.0 Å². The summed E-state index contributed by atoms with van der Waals surface area (Å²) in [4.78, 5) is 13.1. The molecule has 2 aromatic carbocycles. The molecule has 0 aliphatic carbocycles. The Morgan fingerprint density at radius 1 is 1.16 bits per heavy atom. The van der Waals surface area contributed by atoms with Crippen LogP contribution in [0.3, 0.4) is 0 Å².